The second kappa shape index (κ2) is 5.83. The molecule has 0 unspecified atom stereocenters. The van der Waals surface area contributed by atoms with Crippen molar-refractivity contribution in [1.82, 2.24) is 10.1 Å². The molecule has 0 saturated heterocycles. The van der Waals surface area contributed by atoms with E-state index in [0.717, 1.165) is 24.5 Å². The van der Waals surface area contributed by atoms with E-state index in [1.54, 1.807) is 0 Å². The van der Waals surface area contributed by atoms with E-state index in [-0.39, 0.29) is 0 Å². The highest BCUT2D eigenvalue weighted by Gasteiger charge is 2.13. The summed E-state index contributed by atoms with van der Waals surface area (Å²) in [4.78, 5) is 2.38. The normalized spacial score (nSPS) is 11.4. The predicted molar refractivity (Wildman–Crippen MR) is 72.1 cm³/mol. The molecule has 0 aliphatic heterocycles. The molecule has 18 heavy (non-hydrogen) atoms. The first kappa shape index (κ1) is 12.8. The number of nitrogens with zero attached hydrogens (tertiary/aromatic N) is 2. The molecule has 1 aromatic heterocycles. The van der Waals surface area contributed by atoms with Crippen molar-refractivity contribution in [1.29, 1.82) is 0 Å². The van der Waals surface area contributed by atoms with Crippen molar-refractivity contribution in [3.05, 3.63) is 53.4 Å². The molecule has 2 aromatic rings. The van der Waals surface area contributed by atoms with Crippen molar-refractivity contribution in [2.45, 2.75) is 39.9 Å². The van der Waals surface area contributed by atoms with Gasteiger partial charge in [-0.1, -0.05) is 35.5 Å². The lowest BCUT2D eigenvalue weighted by molar-refractivity contribution is 0.197. The maximum absolute atomic E-state index is 5.12. The Bertz CT molecular complexity index is 476. The highest BCUT2D eigenvalue weighted by molar-refractivity contribution is 5.15. The molecular formula is C15H20N2O. The van der Waals surface area contributed by atoms with Crippen LogP contribution in [0.1, 0.15) is 30.9 Å². The van der Waals surface area contributed by atoms with Gasteiger partial charge in [0.05, 0.1) is 5.69 Å². The zero-order valence-corrected chi connectivity index (χ0v) is 11.3. The zero-order valence-electron chi connectivity index (χ0n) is 11.3. The number of benzene rings is 1. The van der Waals surface area contributed by atoms with Crippen molar-refractivity contribution in [2.75, 3.05) is 0 Å². The van der Waals surface area contributed by atoms with Gasteiger partial charge >= 0.3 is 0 Å². The second-order valence-electron chi connectivity index (χ2n) is 4.91. The summed E-state index contributed by atoms with van der Waals surface area (Å²) >= 11 is 0. The fraction of sp³-hybridized carbons (Fsp3) is 0.400. The van der Waals surface area contributed by atoms with Gasteiger partial charge in [0, 0.05) is 25.2 Å². The minimum atomic E-state index is 0.474. The molecule has 0 N–H and O–H groups in total. The topological polar surface area (TPSA) is 29.3 Å². The highest BCUT2D eigenvalue weighted by atomic mass is 16.5. The van der Waals surface area contributed by atoms with Crippen molar-refractivity contribution in [2.24, 2.45) is 0 Å². The van der Waals surface area contributed by atoms with Gasteiger partial charge < -0.3 is 4.52 Å². The average Bonchev–Trinajstić information content (AvgIpc) is 2.75. The van der Waals surface area contributed by atoms with Gasteiger partial charge in [-0.3, -0.25) is 4.90 Å². The Kier molecular flexibility index (Phi) is 4.15. The molecule has 3 nitrogen and oxygen atoms in total. The molecule has 0 atom stereocenters. The quantitative estimate of drug-likeness (QED) is 0.807. The Morgan fingerprint density at radius 2 is 1.89 bits per heavy atom. The molecular weight excluding hydrogens is 224 g/mol. The Balaban J connectivity index is 2.05. The van der Waals surface area contributed by atoms with Crippen molar-refractivity contribution < 1.29 is 4.52 Å². The van der Waals surface area contributed by atoms with Gasteiger partial charge in [-0.25, -0.2) is 0 Å². The van der Waals surface area contributed by atoms with Crippen LogP contribution in [0.3, 0.4) is 0 Å². The van der Waals surface area contributed by atoms with Crippen LogP contribution in [0.15, 0.2) is 40.9 Å². The van der Waals surface area contributed by atoms with E-state index in [1.807, 2.05) is 19.1 Å². The van der Waals surface area contributed by atoms with E-state index in [2.05, 4.69) is 48.2 Å². The van der Waals surface area contributed by atoms with Crippen LogP contribution in [-0.2, 0) is 13.1 Å². The lowest BCUT2D eigenvalue weighted by atomic mass is 10.2. The highest BCUT2D eigenvalue weighted by Crippen LogP contribution is 2.13. The fourth-order valence-corrected chi connectivity index (χ4v) is 1.94. The molecule has 0 aliphatic carbocycles. The fourth-order valence-electron chi connectivity index (χ4n) is 1.94. The molecule has 96 valence electrons. The van der Waals surface area contributed by atoms with Crippen LogP contribution in [0.2, 0.25) is 0 Å². The molecule has 0 amide bonds. The van der Waals surface area contributed by atoms with Crippen LogP contribution >= 0.6 is 0 Å². The van der Waals surface area contributed by atoms with Crippen LogP contribution in [0, 0.1) is 6.92 Å². The minimum absolute atomic E-state index is 0.474. The third-order valence-electron chi connectivity index (χ3n) is 3.00. The van der Waals surface area contributed by atoms with Crippen molar-refractivity contribution >= 4 is 0 Å². The summed E-state index contributed by atoms with van der Waals surface area (Å²) < 4.78 is 5.12. The van der Waals surface area contributed by atoms with Crippen LogP contribution in [0.4, 0.5) is 0 Å². The van der Waals surface area contributed by atoms with Gasteiger partial charge in [-0.05, 0) is 26.3 Å². The zero-order chi connectivity index (χ0) is 13.0. The van der Waals surface area contributed by atoms with Crippen LogP contribution < -0.4 is 0 Å². The largest absolute Gasteiger partial charge is 0.361 e. The molecule has 2 rings (SSSR count). The first-order valence-electron chi connectivity index (χ1n) is 6.35. The minimum Gasteiger partial charge on any atom is -0.361 e. The number of rotatable bonds is 5. The smallest absolute Gasteiger partial charge is 0.133 e. The summed E-state index contributed by atoms with van der Waals surface area (Å²) in [6.07, 6.45) is 0. The first-order chi connectivity index (χ1) is 8.65. The lowest BCUT2D eigenvalue weighted by Gasteiger charge is -2.25. The Hall–Kier alpha value is -1.61. The number of hydrogen-bond donors (Lipinski definition) is 0. The molecule has 0 radical (unpaired) electrons. The maximum Gasteiger partial charge on any atom is 0.133 e. The van der Waals surface area contributed by atoms with Gasteiger partial charge in [0.25, 0.3) is 0 Å². The summed E-state index contributed by atoms with van der Waals surface area (Å²) in [5.41, 5.74) is 2.32. The van der Waals surface area contributed by atoms with Gasteiger partial charge in [-0.2, -0.15) is 0 Å². The first-order valence-corrected chi connectivity index (χ1v) is 6.35. The van der Waals surface area contributed by atoms with Crippen LogP contribution in [0.5, 0.6) is 0 Å². The standard InChI is InChI=1S/C15H20N2O/c1-12(2)17(10-14-7-5-4-6-8-14)11-15-9-13(3)18-16-15/h4-9,12H,10-11H2,1-3H3. The molecule has 0 aliphatic rings. The molecule has 0 saturated carbocycles. The van der Waals surface area contributed by atoms with E-state index in [4.69, 9.17) is 4.52 Å². The van der Waals surface area contributed by atoms with Crippen LogP contribution in [0.25, 0.3) is 0 Å². The molecule has 1 aromatic carbocycles. The van der Waals surface area contributed by atoms with Gasteiger partial charge in [0.1, 0.15) is 5.76 Å². The third kappa shape index (κ3) is 3.44. The van der Waals surface area contributed by atoms with E-state index >= 15 is 0 Å². The molecule has 1 heterocycles. The second-order valence-corrected chi connectivity index (χ2v) is 4.91. The van der Waals surface area contributed by atoms with Crippen molar-refractivity contribution in [3.8, 4) is 0 Å². The third-order valence-corrected chi connectivity index (χ3v) is 3.00. The van der Waals surface area contributed by atoms with Crippen molar-refractivity contribution in [3.63, 3.8) is 0 Å². The van der Waals surface area contributed by atoms with E-state index < -0.39 is 0 Å². The summed E-state index contributed by atoms with van der Waals surface area (Å²) in [5, 5.41) is 4.06. The summed E-state index contributed by atoms with van der Waals surface area (Å²) in [7, 11) is 0. The number of aryl methyl sites for hydroxylation is 1. The van der Waals surface area contributed by atoms with Gasteiger partial charge in [0.2, 0.25) is 0 Å². The van der Waals surface area contributed by atoms with E-state index in [9.17, 15) is 0 Å². The maximum atomic E-state index is 5.12. The van der Waals surface area contributed by atoms with Gasteiger partial charge in [0.15, 0.2) is 0 Å². The summed E-state index contributed by atoms with van der Waals surface area (Å²) in [5.74, 6) is 0.869. The molecule has 0 fully saturated rings. The summed E-state index contributed by atoms with van der Waals surface area (Å²) in [6.45, 7) is 8.09. The Morgan fingerprint density at radius 3 is 2.44 bits per heavy atom. The average molecular weight is 244 g/mol. The monoisotopic (exact) mass is 244 g/mol. The Morgan fingerprint density at radius 1 is 1.17 bits per heavy atom. The molecule has 0 bridgehead atoms. The lowest BCUT2D eigenvalue weighted by Crippen LogP contribution is -2.29. The van der Waals surface area contributed by atoms with Gasteiger partial charge in [-0.15, -0.1) is 0 Å². The Labute approximate surface area is 108 Å². The van der Waals surface area contributed by atoms with E-state index in [1.165, 1.54) is 5.56 Å². The number of hydrogen-bond acceptors (Lipinski definition) is 3. The summed E-state index contributed by atoms with van der Waals surface area (Å²) in [6, 6.07) is 13.0. The number of aromatic nitrogens is 1. The molecule has 0 spiro atoms. The van der Waals surface area contributed by atoms with Crippen LogP contribution in [-0.4, -0.2) is 16.1 Å². The molecule has 3 heteroatoms. The van der Waals surface area contributed by atoms with E-state index in [0.29, 0.717) is 6.04 Å². The SMILES string of the molecule is Cc1cc(CN(Cc2ccccc2)C(C)C)no1. The predicted octanol–water partition coefficient (Wildman–Crippen LogP) is 3.39.